The number of thioether (sulfide) groups is 1. The molecule has 0 atom stereocenters. The van der Waals surface area contributed by atoms with E-state index in [0.717, 1.165) is 29.0 Å². The molecule has 0 aliphatic carbocycles. The molecule has 19 heavy (non-hydrogen) atoms. The van der Waals surface area contributed by atoms with Gasteiger partial charge in [-0.1, -0.05) is 25.1 Å². The van der Waals surface area contributed by atoms with Crippen LogP contribution in [0, 0.1) is 0 Å². The minimum absolute atomic E-state index is 0.919. The maximum Gasteiger partial charge on any atom is 0.129 e. The topological polar surface area (TPSA) is 24.9 Å². The second-order valence-electron chi connectivity index (χ2n) is 4.16. The van der Waals surface area contributed by atoms with Crippen LogP contribution in [-0.2, 0) is 5.75 Å². The molecule has 0 fully saturated rings. The Bertz CT molecular complexity index is 531. The number of rotatable bonds is 6. The van der Waals surface area contributed by atoms with Gasteiger partial charge in [0.15, 0.2) is 0 Å². The number of halogens is 1. The van der Waals surface area contributed by atoms with Crippen molar-refractivity contribution < 1.29 is 0 Å². The molecule has 0 aliphatic heterocycles. The van der Waals surface area contributed by atoms with Gasteiger partial charge in [0.2, 0.25) is 0 Å². The average molecular weight is 337 g/mol. The fourth-order valence-electron chi connectivity index (χ4n) is 1.67. The maximum atomic E-state index is 4.41. The van der Waals surface area contributed by atoms with Crippen molar-refractivity contribution in [2.45, 2.75) is 24.0 Å². The molecule has 1 N–H and O–H groups in total. The predicted octanol–water partition coefficient (Wildman–Crippen LogP) is 4.96. The van der Waals surface area contributed by atoms with Crippen molar-refractivity contribution >= 4 is 33.5 Å². The number of aromatic nitrogens is 1. The van der Waals surface area contributed by atoms with Crippen LogP contribution in [0.1, 0.15) is 18.9 Å². The Balaban J connectivity index is 2.05. The van der Waals surface area contributed by atoms with E-state index in [2.05, 4.69) is 57.4 Å². The molecule has 2 nitrogen and oxygen atoms in total. The zero-order chi connectivity index (χ0) is 13.5. The standard InChI is InChI=1S/C15H17BrN2S/c1-2-9-17-15-12(6-5-10-18-15)11-19-14-8-4-3-7-13(14)16/h3-8,10H,2,9,11H2,1H3,(H,17,18). The SMILES string of the molecule is CCCNc1ncccc1CSc1ccccc1Br. The molecule has 4 heteroatoms. The first-order valence-electron chi connectivity index (χ1n) is 6.36. The van der Waals surface area contributed by atoms with Crippen LogP contribution >= 0.6 is 27.7 Å². The van der Waals surface area contributed by atoms with Gasteiger partial charge < -0.3 is 5.32 Å². The third-order valence-electron chi connectivity index (χ3n) is 2.65. The minimum atomic E-state index is 0.919. The van der Waals surface area contributed by atoms with Crippen molar-refractivity contribution in [1.29, 1.82) is 0 Å². The van der Waals surface area contributed by atoms with Crippen molar-refractivity contribution in [2.75, 3.05) is 11.9 Å². The van der Waals surface area contributed by atoms with Gasteiger partial charge in [0, 0.05) is 33.4 Å². The average Bonchev–Trinajstić information content (AvgIpc) is 2.45. The molecule has 0 unspecified atom stereocenters. The van der Waals surface area contributed by atoms with E-state index >= 15 is 0 Å². The molecule has 0 saturated carbocycles. The Kier molecular flexibility index (Phi) is 5.73. The fraction of sp³-hybridized carbons (Fsp3) is 0.267. The van der Waals surface area contributed by atoms with Crippen LogP contribution < -0.4 is 5.32 Å². The molecule has 1 aromatic heterocycles. The van der Waals surface area contributed by atoms with Gasteiger partial charge in [0.05, 0.1) is 0 Å². The number of nitrogens with one attached hydrogen (secondary N) is 1. The van der Waals surface area contributed by atoms with E-state index in [4.69, 9.17) is 0 Å². The molecule has 2 aromatic rings. The molecule has 100 valence electrons. The molecular formula is C15H17BrN2S. The van der Waals surface area contributed by atoms with E-state index in [1.807, 2.05) is 30.1 Å². The Morgan fingerprint density at radius 3 is 2.84 bits per heavy atom. The van der Waals surface area contributed by atoms with E-state index in [1.54, 1.807) is 0 Å². The van der Waals surface area contributed by atoms with Gasteiger partial charge in [-0.2, -0.15) is 0 Å². The lowest BCUT2D eigenvalue weighted by Gasteiger charge is -2.10. The fourth-order valence-corrected chi connectivity index (χ4v) is 3.23. The highest BCUT2D eigenvalue weighted by Crippen LogP contribution is 2.31. The van der Waals surface area contributed by atoms with E-state index < -0.39 is 0 Å². The molecule has 0 saturated heterocycles. The predicted molar refractivity (Wildman–Crippen MR) is 86.7 cm³/mol. The van der Waals surface area contributed by atoms with Gasteiger partial charge in [-0.3, -0.25) is 0 Å². The minimum Gasteiger partial charge on any atom is -0.370 e. The Morgan fingerprint density at radius 2 is 2.05 bits per heavy atom. The Morgan fingerprint density at radius 1 is 1.21 bits per heavy atom. The van der Waals surface area contributed by atoms with Crippen LogP contribution in [0.15, 0.2) is 52.0 Å². The number of nitrogens with zero attached hydrogens (tertiary/aromatic N) is 1. The molecular weight excluding hydrogens is 320 g/mol. The highest BCUT2D eigenvalue weighted by atomic mass is 79.9. The molecule has 1 aromatic carbocycles. The van der Waals surface area contributed by atoms with Crippen molar-refractivity contribution in [3.05, 3.63) is 52.6 Å². The van der Waals surface area contributed by atoms with Gasteiger partial charge in [-0.25, -0.2) is 4.98 Å². The van der Waals surface area contributed by atoms with Crippen molar-refractivity contribution in [2.24, 2.45) is 0 Å². The lowest BCUT2D eigenvalue weighted by molar-refractivity contribution is 0.965. The van der Waals surface area contributed by atoms with E-state index in [-0.39, 0.29) is 0 Å². The molecule has 1 heterocycles. The zero-order valence-corrected chi connectivity index (χ0v) is 13.3. The monoisotopic (exact) mass is 336 g/mol. The summed E-state index contributed by atoms with van der Waals surface area (Å²) >= 11 is 5.40. The maximum absolute atomic E-state index is 4.41. The zero-order valence-electron chi connectivity index (χ0n) is 10.9. The summed E-state index contributed by atoms with van der Waals surface area (Å²) < 4.78 is 1.15. The van der Waals surface area contributed by atoms with Gasteiger partial charge in [-0.05, 0) is 40.5 Å². The van der Waals surface area contributed by atoms with Crippen LogP contribution in [0.3, 0.4) is 0 Å². The van der Waals surface area contributed by atoms with Crippen LogP contribution in [0.4, 0.5) is 5.82 Å². The molecule has 0 aliphatic rings. The van der Waals surface area contributed by atoms with Crippen LogP contribution in [-0.4, -0.2) is 11.5 Å². The largest absolute Gasteiger partial charge is 0.370 e. The van der Waals surface area contributed by atoms with E-state index in [9.17, 15) is 0 Å². The quantitative estimate of drug-likeness (QED) is 0.754. The Labute approximate surface area is 127 Å². The summed E-state index contributed by atoms with van der Waals surface area (Å²) in [5.74, 6) is 1.92. The summed E-state index contributed by atoms with van der Waals surface area (Å²) in [7, 11) is 0. The van der Waals surface area contributed by atoms with Crippen LogP contribution in [0.5, 0.6) is 0 Å². The van der Waals surface area contributed by atoms with Gasteiger partial charge in [0.1, 0.15) is 5.82 Å². The summed E-state index contributed by atoms with van der Waals surface area (Å²) in [4.78, 5) is 5.67. The highest BCUT2D eigenvalue weighted by molar-refractivity contribution is 9.10. The highest BCUT2D eigenvalue weighted by Gasteiger charge is 2.05. The lowest BCUT2D eigenvalue weighted by atomic mass is 10.3. The first-order valence-corrected chi connectivity index (χ1v) is 8.14. The second kappa shape index (κ2) is 7.56. The lowest BCUT2D eigenvalue weighted by Crippen LogP contribution is -2.04. The van der Waals surface area contributed by atoms with E-state index in [1.165, 1.54) is 10.5 Å². The summed E-state index contributed by atoms with van der Waals surface area (Å²) in [6.45, 7) is 3.12. The van der Waals surface area contributed by atoms with Crippen LogP contribution in [0.2, 0.25) is 0 Å². The number of pyridine rings is 1. The molecule has 0 radical (unpaired) electrons. The second-order valence-corrected chi connectivity index (χ2v) is 6.03. The number of hydrogen-bond acceptors (Lipinski definition) is 3. The van der Waals surface area contributed by atoms with Crippen molar-refractivity contribution in [3.63, 3.8) is 0 Å². The summed E-state index contributed by atoms with van der Waals surface area (Å²) in [6, 6.07) is 12.4. The third-order valence-corrected chi connectivity index (χ3v) is 4.73. The summed E-state index contributed by atoms with van der Waals surface area (Å²) in [6.07, 6.45) is 2.94. The Hall–Kier alpha value is -1.00. The van der Waals surface area contributed by atoms with Crippen LogP contribution in [0.25, 0.3) is 0 Å². The molecule has 0 spiro atoms. The smallest absolute Gasteiger partial charge is 0.129 e. The van der Waals surface area contributed by atoms with Gasteiger partial charge >= 0.3 is 0 Å². The molecule has 2 rings (SSSR count). The summed E-state index contributed by atoms with van der Waals surface area (Å²) in [5, 5.41) is 3.38. The summed E-state index contributed by atoms with van der Waals surface area (Å²) in [5.41, 5.74) is 1.25. The van der Waals surface area contributed by atoms with Gasteiger partial charge in [0.25, 0.3) is 0 Å². The van der Waals surface area contributed by atoms with Crippen molar-refractivity contribution in [1.82, 2.24) is 4.98 Å². The number of benzene rings is 1. The number of hydrogen-bond donors (Lipinski definition) is 1. The number of anilines is 1. The molecule has 0 bridgehead atoms. The third kappa shape index (κ3) is 4.25. The molecule has 0 amide bonds. The normalized spacial score (nSPS) is 10.4. The van der Waals surface area contributed by atoms with E-state index in [0.29, 0.717) is 0 Å². The van der Waals surface area contributed by atoms with Crippen molar-refractivity contribution in [3.8, 4) is 0 Å². The van der Waals surface area contributed by atoms with Gasteiger partial charge in [-0.15, -0.1) is 11.8 Å². The first-order chi connectivity index (χ1) is 9.31. The first kappa shape index (κ1) is 14.4.